The van der Waals surface area contributed by atoms with E-state index in [1.807, 2.05) is 6.07 Å². The summed E-state index contributed by atoms with van der Waals surface area (Å²) in [5, 5.41) is 3.70. The molecule has 0 spiro atoms. The highest BCUT2D eigenvalue weighted by Crippen LogP contribution is 2.35. The van der Waals surface area contributed by atoms with Crippen molar-refractivity contribution in [1.29, 1.82) is 0 Å². The van der Waals surface area contributed by atoms with Crippen LogP contribution in [0.15, 0.2) is 22.7 Å². The molecule has 1 aromatic carbocycles. The van der Waals surface area contributed by atoms with Crippen molar-refractivity contribution in [2.24, 2.45) is 17.8 Å². The van der Waals surface area contributed by atoms with E-state index in [2.05, 4.69) is 48.9 Å². The fourth-order valence-corrected chi connectivity index (χ4v) is 4.03. The first kappa shape index (κ1) is 17.0. The summed E-state index contributed by atoms with van der Waals surface area (Å²) in [6, 6.07) is 5.72. The topological polar surface area (TPSA) is 12.0 Å². The Kier molecular flexibility index (Phi) is 5.84. The molecular weight excluding hydrogens is 329 g/mol. The highest BCUT2D eigenvalue weighted by molar-refractivity contribution is 9.10. The van der Waals surface area contributed by atoms with Crippen LogP contribution in [0.3, 0.4) is 0 Å². The van der Waals surface area contributed by atoms with E-state index < -0.39 is 0 Å². The van der Waals surface area contributed by atoms with Crippen LogP contribution < -0.4 is 5.32 Å². The van der Waals surface area contributed by atoms with Gasteiger partial charge in [0.15, 0.2) is 0 Å². The molecular formula is C18H27BrFN. The van der Waals surface area contributed by atoms with Crippen molar-refractivity contribution >= 4 is 15.9 Å². The van der Waals surface area contributed by atoms with Gasteiger partial charge in [0.05, 0.1) is 0 Å². The van der Waals surface area contributed by atoms with Crippen LogP contribution in [0, 0.1) is 23.6 Å². The zero-order valence-corrected chi connectivity index (χ0v) is 15.1. The molecule has 3 heteroatoms. The lowest BCUT2D eigenvalue weighted by Crippen LogP contribution is -2.44. The lowest BCUT2D eigenvalue weighted by molar-refractivity contribution is 0.160. The second kappa shape index (κ2) is 7.23. The van der Waals surface area contributed by atoms with Crippen LogP contribution >= 0.6 is 15.9 Å². The molecule has 1 aliphatic rings. The van der Waals surface area contributed by atoms with Crippen LogP contribution in [0.5, 0.6) is 0 Å². The Morgan fingerprint density at radius 1 is 1.24 bits per heavy atom. The smallest absolute Gasteiger partial charge is 0.128 e. The van der Waals surface area contributed by atoms with Crippen LogP contribution in [0.25, 0.3) is 0 Å². The molecule has 0 aromatic heterocycles. The molecule has 0 aliphatic heterocycles. The van der Waals surface area contributed by atoms with E-state index in [0.717, 1.165) is 16.0 Å². The number of hydrogen-bond acceptors (Lipinski definition) is 1. The van der Waals surface area contributed by atoms with E-state index >= 15 is 0 Å². The third kappa shape index (κ3) is 4.29. The summed E-state index contributed by atoms with van der Waals surface area (Å²) in [6.07, 6.45) is 3.80. The molecule has 1 fully saturated rings. The fourth-order valence-electron chi connectivity index (χ4n) is 3.65. The number of halogens is 2. The van der Waals surface area contributed by atoms with Gasteiger partial charge in [-0.05, 0) is 55.7 Å². The van der Waals surface area contributed by atoms with Crippen LogP contribution in [0.4, 0.5) is 4.39 Å². The number of benzene rings is 1. The summed E-state index contributed by atoms with van der Waals surface area (Å²) >= 11 is 3.44. The van der Waals surface area contributed by atoms with Gasteiger partial charge in [-0.1, -0.05) is 43.1 Å². The van der Waals surface area contributed by atoms with Gasteiger partial charge in [-0.3, -0.25) is 0 Å². The molecule has 0 radical (unpaired) electrons. The minimum Gasteiger partial charge on any atom is -0.307 e. The Bertz CT molecular complexity index is 474. The van der Waals surface area contributed by atoms with E-state index in [-0.39, 0.29) is 11.9 Å². The van der Waals surface area contributed by atoms with Crippen LogP contribution in [-0.4, -0.2) is 6.04 Å². The Morgan fingerprint density at radius 2 is 1.95 bits per heavy atom. The van der Waals surface area contributed by atoms with E-state index in [1.165, 1.54) is 19.3 Å². The molecule has 4 atom stereocenters. The second-order valence-corrected chi connectivity index (χ2v) is 7.90. The zero-order valence-electron chi connectivity index (χ0n) is 13.5. The summed E-state index contributed by atoms with van der Waals surface area (Å²) in [4.78, 5) is 0. The van der Waals surface area contributed by atoms with E-state index in [1.54, 1.807) is 12.1 Å². The minimum absolute atomic E-state index is 0.0408. The van der Waals surface area contributed by atoms with Gasteiger partial charge >= 0.3 is 0 Å². The van der Waals surface area contributed by atoms with Crippen molar-refractivity contribution < 1.29 is 4.39 Å². The van der Waals surface area contributed by atoms with Crippen molar-refractivity contribution in [3.05, 3.63) is 34.1 Å². The third-order valence-corrected chi connectivity index (χ3v) is 5.40. The largest absolute Gasteiger partial charge is 0.307 e. The maximum Gasteiger partial charge on any atom is 0.128 e. The molecule has 1 saturated carbocycles. The molecule has 1 nitrogen and oxygen atoms in total. The Balaban J connectivity index is 2.12. The highest BCUT2D eigenvalue weighted by Gasteiger charge is 2.31. The summed E-state index contributed by atoms with van der Waals surface area (Å²) in [7, 11) is 0. The molecule has 0 amide bonds. The Labute approximate surface area is 136 Å². The number of rotatable bonds is 4. The third-order valence-electron chi connectivity index (χ3n) is 4.91. The molecule has 0 bridgehead atoms. The fraction of sp³-hybridized carbons (Fsp3) is 0.667. The van der Waals surface area contributed by atoms with Gasteiger partial charge in [-0.2, -0.15) is 0 Å². The second-order valence-electron chi connectivity index (χ2n) is 6.99. The summed E-state index contributed by atoms with van der Waals surface area (Å²) in [5.74, 6) is 2.01. The first-order chi connectivity index (χ1) is 9.88. The van der Waals surface area contributed by atoms with E-state index in [0.29, 0.717) is 17.9 Å². The Hall–Kier alpha value is -0.410. The standard InChI is InChI=1S/C18H27BrFN/c1-11(2)15-7-5-12(3)9-18(15)21-13(4)16-10-14(19)6-8-17(16)20/h6,8,10-13,15,18,21H,5,7,9H2,1-4H3. The SMILES string of the molecule is CC1CCC(C(C)C)C(NC(C)c2cc(Br)ccc2F)C1. The number of hydrogen-bond donors (Lipinski definition) is 1. The van der Waals surface area contributed by atoms with Crippen LogP contribution in [-0.2, 0) is 0 Å². The van der Waals surface area contributed by atoms with Crippen molar-refractivity contribution in [2.45, 2.75) is 59.0 Å². The quantitative estimate of drug-likeness (QED) is 0.730. The molecule has 0 saturated heterocycles. The molecule has 2 rings (SSSR count). The van der Waals surface area contributed by atoms with Gasteiger partial charge < -0.3 is 5.32 Å². The maximum atomic E-state index is 14.0. The van der Waals surface area contributed by atoms with Gasteiger partial charge in [0.1, 0.15) is 5.82 Å². The minimum atomic E-state index is -0.122. The van der Waals surface area contributed by atoms with E-state index in [9.17, 15) is 4.39 Å². The Morgan fingerprint density at radius 3 is 2.62 bits per heavy atom. The number of nitrogens with one attached hydrogen (secondary N) is 1. The molecule has 118 valence electrons. The predicted molar refractivity (Wildman–Crippen MR) is 90.8 cm³/mol. The van der Waals surface area contributed by atoms with Crippen LogP contribution in [0.2, 0.25) is 0 Å². The zero-order chi connectivity index (χ0) is 15.6. The highest BCUT2D eigenvalue weighted by atomic mass is 79.9. The van der Waals surface area contributed by atoms with E-state index in [4.69, 9.17) is 0 Å². The molecule has 0 heterocycles. The van der Waals surface area contributed by atoms with Crippen molar-refractivity contribution in [1.82, 2.24) is 5.32 Å². The van der Waals surface area contributed by atoms with Gasteiger partial charge in [0.25, 0.3) is 0 Å². The summed E-state index contributed by atoms with van der Waals surface area (Å²) in [5.41, 5.74) is 0.755. The normalized spacial score (nSPS) is 27.9. The monoisotopic (exact) mass is 355 g/mol. The lowest BCUT2D eigenvalue weighted by atomic mass is 9.73. The van der Waals surface area contributed by atoms with Crippen molar-refractivity contribution in [2.75, 3.05) is 0 Å². The van der Waals surface area contributed by atoms with Crippen molar-refractivity contribution in [3.63, 3.8) is 0 Å². The van der Waals surface area contributed by atoms with Crippen LogP contribution in [0.1, 0.15) is 58.6 Å². The molecule has 21 heavy (non-hydrogen) atoms. The van der Waals surface area contributed by atoms with Gasteiger partial charge in [-0.25, -0.2) is 4.39 Å². The van der Waals surface area contributed by atoms with Gasteiger partial charge in [-0.15, -0.1) is 0 Å². The predicted octanol–water partition coefficient (Wildman–Crippen LogP) is 5.70. The van der Waals surface area contributed by atoms with Gasteiger partial charge in [0, 0.05) is 22.1 Å². The maximum absolute atomic E-state index is 14.0. The van der Waals surface area contributed by atoms with Gasteiger partial charge in [0.2, 0.25) is 0 Å². The first-order valence-electron chi connectivity index (χ1n) is 8.09. The lowest BCUT2D eigenvalue weighted by Gasteiger charge is -2.39. The summed E-state index contributed by atoms with van der Waals surface area (Å²) < 4.78 is 15.0. The molecule has 4 unspecified atom stereocenters. The molecule has 1 N–H and O–H groups in total. The average Bonchev–Trinajstić information content (AvgIpc) is 2.41. The first-order valence-corrected chi connectivity index (χ1v) is 8.88. The molecule has 1 aliphatic carbocycles. The summed E-state index contributed by atoms with van der Waals surface area (Å²) in [6.45, 7) is 9.01. The van der Waals surface area contributed by atoms with Crippen molar-refractivity contribution in [3.8, 4) is 0 Å². The average molecular weight is 356 g/mol. The molecule has 1 aromatic rings.